The lowest BCUT2D eigenvalue weighted by Gasteiger charge is -2.19. The molecule has 3 N–H and O–H groups in total. The number of aryl methyl sites for hydroxylation is 1. The number of H-pyrrole nitrogens is 1. The fraction of sp³-hybridized carbons (Fsp3) is 0.200. The van der Waals surface area contributed by atoms with Crippen LogP contribution < -0.4 is 4.74 Å². The molecule has 1 unspecified atom stereocenters. The molecule has 2 heterocycles. The van der Waals surface area contributed by atoms with Gasteiger partial charge in [-0.3, -0.25) is 0 Å². The summed E-state index contributed by atoms with van der Waals surface area (Å²) in [5, 5.41) is 18.9. The van der Waals surface area contributed by atoms with E-state index in [1.54, 1.807) is 35.8 Å². The summed E-state index contributed by atoms with van der Waals surface area (Å²) in [5.41, 5.74) is 3.83. The Hall–Kier alpha value is -3.62. The van der Waals surface area contributed by atoms with E-state index in [0.29, 0.717) is 46.6 Å². The summed E-state index contributed by atoms with van der Waals surface area (Å²) in [7, 11) is 0. The Labute approximate surface area is 199 Å². The van der Waals surface area contributed by atoms with E-state index >= 15 is 4.39 Å². The quantitative estimate of drug-likeness (QED) is 0.336. The van der Waals surface area contributed by atoms with Crippen LogP contribution in [0.3, 0.4) is 0 Å². The van der Waals surface area contributed by atoms with E-state index in [4.69, 9.17) is 16.3 Å². The first-order valence-corrected chi connectivity index (χ1v) is 11.1. The number of aliphatic hydroxyl groups excluding tert-OH is 1. The maximum atomic E-state index is 15.1. The number of hydrogen-bond donors (Lipinski definition) is 3. The van der Waals surface area contributed by atoms with E-state index in [2.05, 4.69) is 9.97 Å². The van der Waals surface area contributed by atoms with E-state index in [9.17, 15) is 15.0 Å². The zero-order valence-electron chi connectivity index (χ0n) is 18.2. The van der Waals surface area contributed by atoms with E-state index in [1.165, 1.54) is 12.1 Å². The van der Waals surface area contributed by atoms with Crippen LogP contribution in [0, 0.1) is 12.7 Å². The highest BCUT2D eigenvalue weighted by Crippen LogP contribution is 2.37. The van der Waals surface area contributed by atoms with E-state index in [-0.39, 0.29) is 18.2 Å². The Bertz CT molecular complexity index is 1460. The minimum atomic E-state index is -1.04. The molecule has 34 heavy (non-hydrogen) atoms. The standard InChI is InChI=1S/C25H21ClFN3O4/c1-13-2-3-15(9-16(13)24(32)33)34-25-28-21-10-17(19(26)11-22(21)29-25)18-8-14-4-5-30(6-7-31)23(14)12-20(18)27/h2-5,8-10,12,19,31H,6-7,11H2,1H3,(H,28,29)(H,32,33). The average molecular weight is 482 g/mol. The third-order valence-corrected chi connectivity index (χ3v) is 6.36. The molecular formula is C25H21ClFN3O4. The number of alkyl halides is 1. The van der Waals surface area contributed by atoms with Gasteiger partial charge in [0, 0.05) is 35.8 Å². The number of hydrogen-bond acceptors (Lipinski definition) is 4. The Morgan fingerprint density at radius 1 is 1.32 bits per heavy atom. The number of imidazole rings is 1. The number of allylic oxidation sites excluding steroid dienone is 1. The van der Waals surface area contributed by atoms with Crippen LogP contribution in [0.2, 0.25) is 0 Å². The van der Waals surface area contributed by atoms with Crippen LogP contribution in [-0.4, -0.2) is 42.7 Å². The van der Waals surface area contributed by atoms with Gasteiger partial charge >= 0.3 is 5.97 Å². The molecule has 9 heteroatoms. The van der Waals surface area contributed by atoms with Gasteiger partial charge in [0.1, 0.15) is 11.6 Å². The van der Waals surface area contributed by atoms with E-state index in [1.807, 2.05) is 12.3 Å². The predicted octanol–water partition coefficient (Wildman–Crippen LogP) is 5.00. The van der Waals surface area contributed by atoms with Crippen molar-refractivity contribution in [1.82, 2.24) is 14.5 Å². The summed E-state index contributed by atoms with van der Waals surface area (Å²) >= 11 is 6.64. The van der Waals surface area contributed by atoms with Gasteiger partial charge < -0.3 is 24.5 Å². The molecule has 1 aliphatic rings. The van der Waals surface area contributed by atoms with Gasteiger partial charge in [0.2, 0.25) is 0 Å². The van der Waals surface area contributed by atoms with Crippen LogP contribution in [0.1, 0.15) is 32.9 Å². The number of aromatic carboxylic acids is 1. The molecule has 7 nitrogen and oxygen atoms in total. The first kappa shape index (κ1) is 22.2. The van der Waals surface area contributed by atoms with Crippen molar-refractivity contribution in [3.8, 4) is 11.8 Å². The summed E-state index contributed by atoms with van der Waals surface area (Å²) in [5.74, 6) is -1.10. The number of aliphatic hydroxyl groups is 1. The zero-order chi connectivity index (χ0) is 24.0. The molecule has 5 rings (SSSR count). The molecule has 2 aromatic carbocycles. The van der Waals surface area contributed by atoms with Crippen molar-refractivity contribution in [2.75, 3.05) is 6.61 Å². The van der Waals surface area contributed by atoms with Crippen molar-refractivity contribution < 1.29 is 24.1 Å². The smallest absolute Gasteiger partial charge is 0.336 e. The van der Waals surface area contributed by atoms with Crippen molar-refractivity contribution >= 4 is 40.1 Å². The number of rotatable bonds is 6. The van der Waals surface area contributed by atoms with Gasteiger partial charge in [-0.05, 0) is 54.5 Å². The molecule has 0 bridgehead atoms. The number of aromatic amines is 1. The second-order valence-corrected chi connectivity index (χ2v) is 8.71. The molecule has 1 atom stereocenters. The topological polar surface area (TPSA) is 100 Å². The Morgan fingerprint density at radius 2 is 2.15 bits per heavy atom. The van der Waals surface area contributed by atoms with Crippen LogP contribution in [0.4, 0.5) is 4.39 Å². The van der Waals surface area contributed by atoms with Gasteiger partial charge in [0.25, 0.3) is 6.01 Å². The molecule has 1 aliphatic carbocycles. The number of nitrogens with zero attached hydrogens (tertiary/aromatic N) is 2. The van der Waals surface area contributed by atoms with Gasteiger partial charge in [-0.25, -0.2) is 9.18 Å². The van der Waals surface area contributed by atoms with Crippen LogP contribution in [0.15, 0.2) is 42.6 Å². The highest BCUT2D eigenvalue weighted by Gasteiger charge is 2.26. The van der Waals surface area contributed by atoms with Crippen molar-refractivity contribution in [2.24, 2.45) is 0 Å². The Balaban J connectivity index is 1.47. The number of benzene rings is 2. The highest BCUT2D eigenvalue weighted by molar-refractivity contribution is 6.28. The SMILES string of the molecule is Cc1ccc(Oc2nc3c([nH]2)CC(Cl)C(c2cc4ccn(CCO)c4cc2F)=C3)cc1C(=O)O. The lowest BCUT2D eigenvalue weighted by Crippen LogP contribution is -2.13. The van der Waals surface area contributed by atoms with Gasteiger partial charge in [0.15, 0.2) is 0 Å². The normalized spacial score (nSPS) is 15.3. The molecule has 174 valence electrons. The molecular weight excluding hydrogens is 461 g/mol. The fourth-order valence-electron chi connectivity index (χ4n) is 4.24. The molecule has 0 spiro atoms. The molecule has 0 amide bonds. The lowest BCUT2D eigenvalue weighted by molar-refractivity contribution is 0.0695. The van der Waals surface area contributed by atoms with Crippen LogP contribution in [0.25, 0.3) is 22.6 Å². The number of carbonyl (C=O) groups is 1. The van der Waals surface area contributed by atoms with Crippen molar-refractivity contribution in [3.05, 3.63) is 76.5 Å². The first-order valence-electron chi connectivity index (χ1n) is 10.7. The maximum Gasteiger partial charge on any atom is 0.336 e. The number of carboxylic acids is 1. The van der Waals surface area contributed by atoms with E-state index < -0.39 is 17.2 Å². The maximum absolute atomic E-state index is 15.1. The number of fused-ring (bicyclic) bond motifs is 2. The van der Waals surface area contributed by atoms with Crippen molar-refractivity contribution in [2.45, 2.75) is 25.3 Å². The third kappa shape index (κ3) is 3.95. The fourth-order valence-corrected chi connectivity index (χ4v) is 4.57. The second-order valence-electron chi connectivity index (χ2n) is 8.18. The van der Waals surface area contributed by atoms with Crippen molar-refractivity contribution in [3.63, 3.8) is 0 Å². The van der Waals surface area contributed by atoms with Crippen LogP contribution in [0.5, 0.6) is 11.8 Å². The van der Waals surface area contributed by atoms with Crippen molar-refractivity contribution in [1.29, 1.82) is 0 Å². The van der Waals surface area contributed by atoms with Gasteiger partial charge in [-0.1, -0.05) is 6.07 Å². The summed E-state index contributed by atoms with van der Waals surface area (Å²) in [6.45, 7) is 2.07. The van der Waals surface area contributed by atoms with Crippen LogP contribution >= 0.6 is 11.6 Å². The Kier molecular flexibility index (Phi) is 5.63. The molecule has 0 aliphatic heterocycles. The Morgan fingerprint density at radius 3 is 2.91 bits per heavy atom. The monoisotopic (exact) mass is 481 g/mol. The third-order valence-electron chi connectivity index (χ3n) is 5.97. The summed E-state index contributed by atoms with van der Waals surface area (Å²) in [6.07, 6.45) is 3.96. The minimum absolute atomic E-state index is 0.0331. The number of aromatic nitrogens is 3. The molecule has 0 radical (unpaired) electrons. The molecule has 4 aromatic rings. The number of nitrogens with one attached hydrogen (secondary N) is 1. The summed E-state index contributed by atoms with van der Waals surface area (Å²) < 4.78 is 22.7. The summed E-state index contributed by atoms with van der Waals surface area (Å²) in [6, 6.07) is 10.1. The number of halogens is 2. The predicted molar refractivity (Wildman–Crippen MR) is 127 cm³/mol. The van der Waals surface area contributed by atoms with Crippen LogP contribution in [-0.2, 0) is 13.0 Å². The second kappa shape index (κ2) is 8.62. The van der Waals surface area contributed by atoms with Gasteiger partial charge in [-0.2, -0.15) is 4.98 Å². The zero-order valence-corrected chi connectivity index (χ0v) is 18.9. The highest BCUT2D eigenvalue weighted by atomic mass is 35.5. The van der Waals surface area contributed by atoms with E-state index in [0.717, 1.165) is 11.1 Å². The lowest BCUT2D eigenvalue weighted by atomic mass is 9.92. The molecule has 0 saturated heterocycles. The number of ether oxygens (including phenoxy) is 1. The largest absolute Gasteiger partial charge is 0.478 e. The minimum Gasteiger partial charge on any atom is -0.478 e. The first-order chi connectivity index (χ1) is 16.3. The van der Waals surface area contributed by atoms with Gasteiger partial charge in [-0.15, -0.1) is 11.6 Å². The average Bonchev–Trinajstić information content (AvgIpc) is 3.36. The van der Waals surface area contributed by atoms with Gasteiger partial charge in [0.05, 0.1) is 28.8 Å². The summed E-state index contributed by atoms with van der Waals surface area (Å²) in [4.78, 5) is 18.9. The molecule has 0 saturated carbocycles. The molecule has 2 aromatic heterocycles. The molecule has 0 fully saturated rings. The number of carboxylic acid groups (broad SMARTS) is 1.